The van der Waals surface area contributed by atoms with Crippen LogP contribution in [0.25, 0.3) is 10.4 Å². The number of rotatable bonds is 3. The first-order valence-corrected chi connectivity index (χ1v) is 7.28. The van der Waals surface area contributed by atoms with Crippen molar-refractivity contribution in [1.82, 2.24) is 0 Å². The van der Waals surface area contributed by atoms with Gasteiger partial charge in [0.15, 0.2) is 6.29 Å². The number of nitrogens with zero attached hydrogens (tertiary/aromatic N) is 1. The van der Waals surface area contributed by atoms with Crippen LogP contribution in [0.1, 0.15) is 15.2 Å². The lowest BCUT2D eigenvalue weighted by Gasteiger charge is -2.23. The van der Waals surface area contributed by atoms with Crippen molar-refractivity contribution in [3.8, 4) is 10.4 Å². The summed E-state index contributed by atoms with van der Waals surface area (Å²) in [6.45, 7) is 5.25. The summed E-state index contributed by atoms with van der Waals surface area (Å²) in [5.74, 6) is -0.242. The van der Waals surface area contributed by atoms with Gasteiger partial charge >= 0.3 is 0 Å². The Labute approximate surface area is 121 Å². The molecule has 1 aromatic heterocycles. The molecular formula is C16H14FNOS. The molecule has 1 aliphatic rings. The molecular weight excluding hydrogens is 273 g/mol. The topological polar surface area (TPSA) is 20.3 Å². The molecule has 0 saturated heterocycles. The van der Waals surface area contributed by atoms with Gasteiger partial charge in [0.25, 0.3) is 0 Å². The number of benzene rings is 1. The van der Waals surface area contributed by atoms with E-state index in [9.17, 15) is 9.18 Å². The molecule has 3 rings (SSSR count). The monoisotopic (exact) mass is 287 g/mol. The van der Waals surface area contributed by atoms with E-state index in [1.807, 2.05) is 12.1 Å². The molecule has 2 heterocycles. The second-order valence-corrected chi connectivity index (χ2v) is 5.85. The van der Waals surface area contributed by atoms with Gasteiger partial charge in [-0.1, -0.05) is 6.08 Å². The van der Waals surface area contributed by atoms with Crippen LogP contribution in [-0.4, -0.2) is 19.4 Å². The summed E-state index contributed by atoms with van der Waals surface area (Å²) < 4.78 is 13.6. The number of hydrogen-bond donors (Lipinski definition) is 0. The minimum Gasteiger partial charge on any atom is -0.367 e. The lowest BCUT2D eigenvalue weighted by molar-refractivity contribution is 0.112. The van der Waals surface area contributed by atoms with E-state index in [0.29, 0.717) is 6.54 Å². The van der Waals surface area contributed by atoms with Crippen LogP contribution in [0.3, 0.4) is 0 Å². The molecule has 0 bridgehead atoms. The summed E-state index contributed by atoms with van der Waals surface area (Å²) in [4.78, 5) is 14.9. The van der Waals surface area contributed by atoms with E-state index in [0.717, 1.165) is 45.8 Å². The van der Waals surface area contributed by atoms with E-state index in [-0.39, 0.29) is 5.82 Å². The van der Waals surface area contributed by atoms with E-state index < -0.39 is 0 Å². The summed E-state index contributed by atoms with van der Waals surface area (Å²) in [5, 5.41) is 0. The highest BCUT2D eigenvalue weighted by molar-refractivity contribution is 7.17. The number of thiophene rings is 1. The highest BCUT2D eigenvalue weighted by atomic mass is 32.1. The number of anilines is 1. The Hall–Kier alpha value is -1.94. The van der Waals surface area contributed by atoms with Crippen molar-refractivity contribution in [2.24, 2.45) is 0 Å². The average Bonchev–Trinajstić information content (AvgIpc) is 2.81. The molecule has 0 aliphatic carbocycles. The van der Waals surface area contributed by atoms with Gasteiger partial charge in [0, 0.05) is 29.2 Å². The normalized spacial score (nSPS) is 13.3. The minimum atomic E-state index is -0.242. The van der Waals surface area contributed by atoms with Gasteiger partial charge in [0.1, 0.15) is 5.82 Å². The molecule has 0 radical (unpaired) electrons. The fourth-order valence-corrected chi connectivity index (χ4v) is 3.66. The third kappa shape index (κ3) is 2.16. The molecule has 0 fully saturated rings. The standard InChI is InChI=1S/C16H14FNOS/c1-2-6-18-7-5-11-8-13(10-19)20-16(11)14-4-3-12(17)9-15(14)18/h2-4,8-10H,1,5-7H2. The predicted molar refractivity (Wildman–Crippen MR) is 81.2 cm³/mol. The molecule has 0 atom stereocenters. The number of hydrogen-bond acceptors (Lipinski definition) is 3. The van der Waals surface area contributed by atoms with Crippen molar-refractivity contribution in [2.45, 2.75) is 6.42 Å². The van der Waals surface area contributed by atoms with Crippen LogP contribution < -0.4 is 4.90 Å². The van der Waals surface area contributed by atoms with Crippen LogP contribution in [0.2, 0.25) is 0 Å². The second kappa shape index (κ2) is 5.21. The van der Waals surface area contributed by atoms with E-state index in [1.165, 1.54) is 17.4 Å². The lowest BCUT2D eigenvalue weighted by atomic mass is 10.1. The summed E-state index contributed by atoms with van der Waals surface area (Å²) in [6, 6.07) is 6.78. The first-order chi connectivity index (χ1) is 9.72. The van der Waals surface area contributed by atoms with Gasteiger partial charge in [0.05, 0.1) is 4.88 Å². The molecule has 2 aromatic rings. The molecule has 0 amide bonds. The molecule has 102 valence electrons. The first-order valence-electron chi connectivity index (χ1n) is 6.46. The summed E-state index contributed by atoms with van der Waals surface area (Å²) in [7, 11) is 0. The Morgan fingerprint density at radius 3 is 3.00 bits per heavy atom. The molecule has 4 heteroatoms. The van der Waals surface area contributed by atoms with E-state index >= 15 is 0 Å². The largest absolute Gasteiger partial charge is 0.367 e. The highest BCUT2D eigenvalue weighted by Crippen LogP contribution is 2.41. The second-order valence-electron chi connectivity index (χ2n) is 4.77. The van der Waals surface area contributed by atoms with Crippen LogP contribution in [-0.2, 0) is 6.42 Å². The van der Waals surface area contributed by atoms with E-state index in [4.69, 9.17) is 0 Å². The van der Waals surface area contributed by atoms with Crippen molar-refractivity contribution in [2.75, 3.05) is 18.0 Å². The van der Waals surface area contributed by atoms with Crippen LogP contribution in [0.4, 0.5) is 10.1 Å². The summed E-state index contributed by atoms with van der Waals surface area (Å²) >= 11 is 1.47. The molecule has 0 saturated carbocycles. The highest BCUT2D eigenvalue weighted by Gasteiger charge is 2.22. The summed E-state index contributed by atoms with van der Waals surface area (Å²) in [5.41, 5.74) is 3.04. The fourth-order valence-electron chi connectivity index (χ4n) is 2.60. The van der Waals surface area contributed by atoms with Crippen molar-refractivity contribution in [3.05, 3.63) is 53.2 Å². The molecule has 1 aromatic carbocycles. The number of aldehydes is 1. The van der Waals surface area contributed by atoms with Crippen LogP contribution in [0.5, 0.6) is 0 Å². The predicted octanol–water partition coefficient (Wildman–Crippen LogP) is 3.92. The van der Waals surface area contributed by atoms with Gasteiger partial charge in [-0.05, 0) is 36.2 Å². The number of carbonyl (C=O) groups is 1. The molecule has 20 heavy (non-hydrogen) atoms. The zero-order valence-corrected chi connectivity index (χ0v) is 11.8. The molecule has 0 spiro atoms. The van der Waals surface area contributed by atoms with Crippen molar-refractivity contribution in [3.63, 3.8) is 0 Å². The average molecular weight is 287 g/mol. The maximum Gasteiger partial charge on any atom is 0.160 e. The van der Waals surface area contributed by atoms with Crippen molar-refractivity contribution in [1.29, 1.82) is 0 Å². The third-order valence-corrected chi connectivity index (χ3v) is 4.63. The Bertz CT molecular complexity index is 677. The first kappa shape index (κ1) is 13.1. The van der Waals surface area contributed by atoms with E-state index in [1.54, 1.807) is 12.1 Å². The van der Waals surface area contributed by atoms with E-state index in [2.05, 4.69) is 11.5 Å². The van der Waals surface area contributed by atoms with Gasteiger partial charge in [0.2, 0.25) is 0 Å². The minimum absolute atomic E-state index is 0.242. The van der Waals surface area contributed by atoms with Gasteiger partial charge in [-0.15, -0.1) is 17.9 Å². The maximum atomic E-state index is 13.6. The van der Waals surface area contributed by atoms with Crippen molar-refractivity contribution < 1.29 is 9.18 Å². The third-order valence-electron chi connectivity index (χ3n) is 3.49. The Morgan fingerprint density at radius 2 is 2.25 bits per heavy atom. The molecule has 0 unspecified atom stereocenters. The van der Waals surface area contributed by atoms with Gasteiger partial charge < -0.3 is 4.90 Å². The zero-order chi connectivity index (χ0) is 14.1. The zero-order valence-electron chi connectivity index (χ0n) is 10.9. The van der Waals surface area contributed by atoms with Gasteiger partial charge in [-0.3, -0.25) is 4.79 Å². The fraction of sp³-hybridized carbons (Fsp3) is 0.188. The molecule has 1 aliphatic heterocycles. The maximum absolute atomic E-state index is 13.6. The Morgan fingerprint density at radius 1 is 1.40 bits per heavy atom. The quantitative estimate of drug-likeness (QED) is 0.630. The SMILES string of the molecule is C=CCN1CCc2cc(C=O)sc2-c2ccc(F)cc21. The van der Waals surface area contributed by atoms with Crippen LogP contribution >= 0.6 is 11.3 Å². The van der Waals surface area contributed by atoms with Crippen LogP contribution in [0, 0.1) is 5.82 Å². The van der Waals surface area contributed by atoms with Crippen molar-refractivity contribution >= 4 is 23.3 Å². The molecule has 2 nitrogen and oxygen atoms in total. The van der Waals surface area contributed by atoms with Gasteiger partial charge in [-0.25, -0.2) is 4.39 Å². The lowest BCUT2D eigenvalue weighted by Crippen LogP contribution is -2.25. The van der Waals surface area contributed by atoms with Crippen LogP contribution in [0.15, 0.2) is 36.9 Å². The van der Waals surface area contributed by atoms with Gasteiger partial charge in [-0.2, -0.15) is 0 Å². The number of carbonyl (C=O) groups excluding carboxylic acids is 1. The smallest absolute Gasteiger partial charge is 0.160 e. The number of fused-ring (bicyclic) bond motifs is 3. The Balaban J connectivity index is 2.19. The Kier molecular flexibility index (Phi) is 3.40. The summed E-state index contributed by atoms with van der Waals surface area (Å²) in [6.07, 6.45) is 3.55. The number of halogens is 1. The molecule has 0 N–H and O–H groups in total.